The molecule has 5 nitrogen and oxygen atoms in total. The standard InChI is InChI=1S/C18H12BrN3O2/c19-17-14-6-2-1-4-12(14)7-8-15(17)23-11-16-21-18(22-24-16)13-5-3-9-20-10-13/h1-10H,11H2. The van der Waals surface area contributed by atoms with Crippen molar-refractivity contribution in [2.45, 2.75) is 6.61 Å². The zero-order valence-corrected chi connectivity index (χ0v) is 14.1. The van der Waals surface area contributed by atoms with Crippen LogP contribution in [0, 0.1) is 0 Å². The predicted molar refractivity (Wildman–Crippen MR) is 93.5 cm³/mol. The van der Waals surface area contributed by atoms with Gasteiger partial charge in [-0.15, -0.1) is 0 Å². The SMILES string of the molecule is Brc1c(OCc2nc(-c3cccnc3)no2)ccc2ccccc12. The Morgan fingerprint density at radius 2 is 1.96 bits per heavy atom. The van der Waals surface area contributed by atoms with E-state index in [1.807, 2.05) is 42.5 Å². The van der Waals surface area contributed by atoms with E-state index in [-0.39, 0.29) is 6.61 Å². The highest BCUT2D eigenvalue weighted by Crippen LogP contribution is 2.33. The maximum Gasteiger partial charge on any atom is 0.264 e. The van der Waals surface area contributed by atoms with Gasteiger partial charge in [-0.05, 0) is 44.9 Å². The molecule has 24 heavy (non-hydrogen) atoms. The van der Waals surface area contributed by atoms with Gasteiger partial charge in [-0.2, -0.15) is 4.98 Å². The number of nitrogens with zero attached hydrogens (tertiary/aromatic N) is 3. The molecule has 4 aromatic rings. The highest BCUT2D eigenvalue weighted by atomic mass is 79.9. The van der Waals surface area contributed by atoms with E-state index in [0.29, 0.717) is 11.7 Å². The molecule has 6 heteroatoms. The van der Waals surface area contributed by atoms with Gasteiger partial charge in [0.05, 0.1) is 4.47 Å². The molecule has 0 aliphatic carbocycles. The van der Waals surface area contributed by atoms with Crippen LogP contribution >= 0.6 is 15.9 Å². The summed E-state index contributed by atoms with van der Waals surface area (Å²) < 4.78 is 12.0. The minimum Gasteiger partial charge on any atom is -0.483 e. The zero-order valence-electron chi connectivity index (χ0n) is 12.5. The Labute approximate surface area is 146 Å². The molecular weight excluding hydrogens is 370 g/mol. The molecule has 0 saturated carbocycles. The normalized spacial score (nSPS) is 10.9. The summed E-state index contributed by atoms with van der Waals surface area (Å²) in [7, 11) is 0. The first-order valence-corrected chi connectivity index (χ1v) is 8.13. The number of aromatic nitrogens is 3. The molecule has 4 rings (SSSR count). The number of ether oxygens (including phenoxy) is 1. The molecule has 0 atom stereocenters. The van der Waals surface area contributed by atoms with E-state index in [0.717, 1.165) is 26.6 Å². The van der Waals surface area contributed by atoms with E-state index < -0.39 is 0 Å². The second-order valence-electron chi connectivity index (χ2n) is 5.14. The average molecular weight is 382 g/mol. The third-order valence-corrected chi connectivity index (χ3v) is 4.38. The Bertz CT molecular complexity index is 986. The van der Waals surface area contributed by atoms with E-state index in [4.69, 9.17) is 9.26 Å². The van der Waals surface area contributed by atoms with Crippen molar-refractivity contribution in [1.29, 1.82) is 0 Å². The van der Waals surface area contributed by atoms with Crippen molar-refractivity contribution in [3.8, 4) is 17.1 Å². The van der Waals surface area contributed by atoms with Crippen molar-refractivity contribution in [2.75, 3.05) is 0 Å². The predicted octanol–water partition coefficient (Wildman–Crippen LogP) is 4.63. The molecule has 2 heterocycles. The minimum absolute atomic E-state index is 0.199. The Balaban J connectivity index is 1.53. The molecule has 0 N–H and O–H groups in total. The fraction of sp³-hybridized carbons (Fsp3) is 0.0556. The first-order valence-electron chi connectivity index (χ1n) is 7.34. The second kappa shape index (κ2) is 6.41. The number of rotatable bonds is 4. The van der Waals surface area contributed by atoms with Gasteiger partial charge >= 0.3 is 0 Å². The number of hydrogen-bond acceptors (Lipinski definition) is 5. The summed E-state index contributed by atoms with van der Waals surface area (Å²) in [4.78, 5) is 8.37. The molecule has 0 fully saturated rings. The Kier molecular flexibility index (Phi) is 3.96. The average Bonchev–Trinajstić information content (AvgIpc) is 3.11. The van der Waals surface area contributed by atoms with Gasteiger partial charge in [-0.25, -0.2) is 0 Å². The molecule has 2 aromatic heterocycles. The van der Waals surface area contributed by atoms with Crippen molar-refractivity contribution in [2.24, 2.45) is 0 Å². The molecular formula is C18H12BrN3O2. The van der Waals surface area contributed by atoms with Crippen LogP contribution in [0.3, 0.4) is 0 Å². The molecule has 0 aliphatic heterocycles. The number of fused-ring (bicyclic) bond motifs is 1. The van der Waals surface area contributed by atoms with E-state index in [1.165, 1.54) is 0 Å². The number of pyridine rings is 1. The summed E-state index contributed by atoms with van der Waals surface area (Å²) in [5.74, 6) is 1.64. The molecule has 0 radical (unpaired) electrons. The minimum atomic E-state index is 0.199. The number of benzene rings is 2. The Morgan fingerprint density at radius 3 is 2.83 bits per heavy atom. The molecule has 0 spiro atoms. The van der Waals surface area contributed by atoms with Crippen LogP contribution in [-0.2, 0) is 6.61 Å². The fourth-order valence-corrected chi connectivity index (χ4v) is 3.00. The molecule has 2 aromatic carbocycles. The summed E-state index contributed by atoms with van der Waals surface area (Å²) in [5.41, 5.74) is 0.805. The lowest BCUT2D eigenvalue weighted by Crippen LogP contribution is -1.96. The topological polar surface area (TPSA) is 61.0 Å². The van der Waals surface area contributed by atoms with Crippen molar-refractivity contribution in [1.82, 2.24) is 15.1 Å². The van der Waals surface area contributed by atoms with Crippen molar-refractivity contribution < 1.29 is 9.26 Å². The number of hydrogen-bond donors (Lipinski definition) is 0. The Morgan fingerprint density at radius 1 is 1.04 bits per heavy atom. The lowest BCUT2D eigenvalue weighted by Gasteiger charge is -2.08. The maximum atomic E-state index is 5.82. The van der Waals surface area contributed by atoms with Crippen molar-refractivity contribution >= 4 is 26.7 Å². The van der Waals surface area contributed by atoms with Gasteiger partial charge in [0.15, 0.2) is 6.61 Å². The van der Waals surface area contributed by atoms with Gasteiger partial charge in [-0.1, -0.05) is 35.5 Å². The summed E-state index contributed by atoms with van der Waals surface area (Å²) in [6.07, 6.45) is 3.39. The maximum absolute atomic E-state index is 5.82. The summed E-state index contributed by atoms with van der Waals surface area (Å²) in [6, 6.07) is 15.7. The van der Waals surface area contributed by atoms with E-state index in [1.54, 1.807) is 12.4 Å². The van der Waals surface area contributed by atoms with Crippen LogP contribution in [0.2, 0.25) is 0 Å². The summed E-state index contributed by atoms with van der Waals surface area (Å²) in [5, 5.41) is 6.19. The Hall–Kier alpha value is -2.73. The van der Waals surface area contributed by atoms with Crippen LogP contribution in [-0.4, -0.2) is 15.1 Å². The van der Waals surface area contributed by atoms with Crippen molar-refractivity contribution in [3.63, 3.8) is 0 Å². The van der Waals surface area contributed by atoms with Gasteiger partial charge in [0, 0.05) is 18.0 Å². The van der Waals surface area contributed by atoms with E-state index >= 15 is 0 Å². The van der Waals surface area contributed by atoms with Crippen LogP contribution in [0.15, 0.2) is 69.9 Å². The smallest absolute Gasteiger partial charge is 0.264 e. The third-order valence-electron chi connectivity index (χ3n) is 3.57. The number of halogens is 1. The summed E-state index contributed by atoms with van der Waals surface area (Å²) >= 11 is 3.60. The molecule has 0 amide bonds. The first-order chi connectivity index (χ1) is 11.8. The fourth-order valence-electron chi connectivity index (χ4n) is 2.39. The second-order valence-corrected chi connectivity index (χ2v) is 5.93. The molecule has 0 unspecified atom stereocenters. The van der Waals surface area contributed by atoms with Crippen molar-refractivity contribution in [3.05, 3.63) is 71.3 Å². The van der Waals surface area contributed by atoms with Crippen LogP contribution in [0.4, 0.5) is 0 Å². The van der Waals surface area contributed by atoms with Gasteiger partial charge in [0.25, 0.3) is 5.89 Å². The van der Waals surface area contributed by atoms with E-state index in [9.17, 15) is 0 Å². The highest BCUT2D eigenvalue weighted by molar-refractivity contribution is 9.10. The lowest BCUT2D eigenvalue weighted by atomic mass is 10.1. The van der Waals surface area contributed by atoms with Crippen LogP contribution in [0.5, 0.6) is 5.75 Å². The van der Waals surface area contributed by atoms with Crippen LogP contribution < -0.4 is 4.74 Å². The van der Waals surface area contributed by atoms with Crippen LogP contribution in [0.25, 0.3) is 22.2 Å². The monoisotopic (exact) mass is 381 g/mol. The molecule has 0 saturated heterocycles. The lowest BCUT2D eigenvalue weighted by molar-refractivity contribution is 0.242. The van der Waals surface area contributed by atoms with E-state index in [2.05, 4.69) is 37.1 Å². The van der Waals surface area contributed by atoms with Crippen LogP contribution in [0.1, 0.15) is 5.89 Å². The highest BCUT2D eigenvalue weighted by Gasteiger charge is 2.11. The first kappa shape index (κ1) is 14.8. The largest absolute Gasteiger partial charge is 0.483 e. The van der Waals surface area contributed by atoms with Gasteiger partial charge in [-0.3, -0.25) is 4.98 Å². The molecule has 0 aliphatic rings. The molecule has 0 bridgehead atoms. The summed E-state index contributed by atoms with van der Waals surface area (Å²) in [6.45, 7) is 0.199. The third kappa shape index (κ3) is 2.88. The van der Waals surface area contributed by atoms with Gasteiger partial charge in [0.2, 0.25) is 5.82 Å². The van der Waals surface area contributed by atoms with Gasteiger partial charge < -0.3 is 9.26 Å². The quantitative estimate of drug-likeness (QED) is 0.515. The molecule has 118 valence electrons. The zero-order chi connectivity index (χ0) is 16.4. The van der Waals surface area contributed by atoms with Gasteiger partial charge in [0.1, 0.15) is 5.75 Å².